The first-order valence-corrected chi connectivity index (χ1v) is 5.77. The van der Waals surface area contributed by atoms with Gasteiger partial charge >= 0.3 is 5.97 Å². The molecule has 18 heavy (non-hydrogen) atoms. The Morgan fingerprint density at radius 1 is 1.61 bits per heavy atom. The fourth-order valence-corrected chi connectivity index (χ4v) is 1.84. The molecule has 2 heterocycles. The van der Waals surface area contributed by atoms with Crippen molar-refractivity contribution >= 4 is 11.9 Å². The number of hydrogen-bond donors (Lipinski definition) is 2. The highest BCUT2D eigenvalue weighted by Crippen LogP contribution is 2.09. The van der Waals surface area contributed by atoms with Gasteiger partial charge in [-0.3, -0.25) is 9.89 Å². The monoisotopic (exact) mass is 253 g/mol. The number of carbonyl (C=O) groups is 2. The first kappa shape index (κ1) is 12.5. The van der Waals surface area contributed by atoms with Crippen molar-refractivity contribution in [3.63, 3.8) is 0 Å². The molecule has 1 amide bonds. The maximum absolute atomic E-state index is 12.1. The second-order valence-corrected chi connectivity index (χ2v) is 3.80. The molecular formula is C10H15N5O3. The SMILES string of the molecule is CCOC(=O)C1CNCCN1C(=O)c1ncn[nH]1. The first-order chi connectivity index (χ1) is 8.74. The number of piperazine rings is 1. The lowest BCUT2D eigenvalue weighted by Crippen LogP contribution is -2.57. The molecule has 8 heteroatoms. The van der Waals surface area contributed by atoms with Gasteiger partial charge in [0.15, 0.2) is 0 Å². The van der Waals surface area contributed by atoms with E-state index < -0.39 is 12.0 Å². The minimum atomic E-state index is -0.615. The molecule has 1 aromatic heterocycles. The third kappa shape index (κ3) is 2.48. The van der Waals surface area contributed by atoms with Gasteiger partial charge in [0.1, 0.15) is 12.4 Å². The fourth-order valence-electron chi connectivity index (χ4n) is 1.84. The van der Waals surface area contributed by atoms with E-state index in [2.05, 4.69) is 20.5 Å². The summed E-state index contributed by atoms with van der Waals surface area (Å²) in [5.41, 5.74) is 0. The van der Waals surface area contributed by atoms with Gasteiger partial charge in [0.05, 0.1) is 6.61 Å². The quantitative estimate of drug-likeness (QED) is 0.655. The molecule has 1 atom stereocenters. The van der Waals surface area contributed by atoms with Gasteiger partial charge in [-0.15, -0.1) is 0 Å². The standard InChI is InChI=1S/C10H15N5O3/c1-2-18-10(17)7-5-11-3-4-15(7)9(16)8-12-6-13-14-8/h6-7,11H,2-5H2,1H3,(H,12,13,14). The Morgan fingerprint density at radius 3 is 3.11 bits per heavy atom. The second-order valence-electron chi connectivity index (χ2n) is 3.80. The van der Waals surface area contributed by atoms with Crippen LogP contribution in [-0.2, 0) is 9.53 Å². The largest absolute Gasteiger partial charge is 0.464 e. The maximum Gasteiger partial charge on any atom is 0.330 e. The molecule has 1 fully saturated rings. The van der Waals surface area contributed by atoms with Crippen molar-refractivity contribution in [1.82, 2.24) is 25.4 Å². The Kier molecular flexibility index (Phi) is 3.88. The summed E-state index contributed by atoms with van der Waals surface area (Å²) in [6.07, 6.45) is 1.26. The van der Waals surface area contributed by atoms with E-state index in [1.54, 1.807) is 6.92 Å². The summed E-state index contributed by atoms with van der Waals surface area (Å²) in [5, 5.41) is 9.19. The van der Waals surface area contributed by atoms with Crippen LogP contribution in [-0.4, -0.2) is 64.2 Å². The smallest absolute Gasteiger partial charge is 0.330 e. The van der Waals surface area contributed by atoms with Gasteiger partial charge in [-0.05, 0) is 6.92 Å². The zero-order chi connectivity index (χ0) is 13.0. The van der Waals surface area contributed by atoms with Crippen molar-refractivity contribution in [3.05, 3.63) is 12.2 Å². The fraction of sp³-hybridized carbons (Fsp3) is 0.600. The highest BCUT2D eigenvalue weighted by molar-refractivity contribution is 5.93. The van der Waals surface area contributed by atoms with Crippen molar-refractivity contribution in [2.24, 2.45) is 0 Å². The van der Waals surface area contributed by atoms with Crippen LogP contribution >= 0.6 is 0 Å². The van der Waals surface area contributed by atoms with Gasteiger partial charge < -0.3 is 15.0 Å². The van der Waals surface area contributed by atoms with Crippen LogP contribution in [0.5, 0.6) is 0 Å². The zero-order valence-electron chi connectivity index (χ0n) is 10.0. The number of amides is 1. The van der Waals surface area contributed by atoms with E-state index in [4.69, 9.17) is 4.74 Å². The summed E-state index contributed by atoms with van der Waals surface area (Å²) >= 11 is 0. The van der Waals surface area contributed by atoms with Crippen LogP contribution in [0.25, 0.3) is 0 Å². The normalized spacial score (nSPS) is 19.6. The van der Waals surface area contributed by atoms with Crippen LogP contribution in [0, 0.1) is 0 Å². The van der Waals surface area contributed by atoms with Crippen LogP contribution in [0.3, 0.4) is 0 Å². The molecular weight excluding hydrogens is 238 g/mol. The Bertz CT molecular complexity index is 419. The predicted octanol–water partition coefficient (Wildman–Crippen LogP) is -1.22. The number of nitrogens with zero attached hydrogens (tertiary/aromatic N) is 3. The van der Waals surface area contributed by atoms with Gasteiger partial charge in [-0.25, -0.2) is 9.78 Å². The van der Waals surface area contributed by atoms with E-state index in [9.17, 15) is 9.59 Å². The van der Waals surface area contributed by atoms with E-state index >= 15 is 0 Å². The summed E-state index contributed by atoms with van der Waals surface area (Å²) in [6, 6.07) is -0.615. The summed E-state index contributed by atoms with van der Waals surface area (Å²) in [4.78, 5) is 29.2. The number of nitrogens with one attached hydrogen (secondary N) is 2. The summed E-state index contributed by atoms with van der Waals surface area (Å²) in [6.45, 7) is 3.48. The predicted molar refractivity (Wildman–Crippen MR) is 60.7 cm³/mol. The molecule has 0 radical (unpaired) electrons. The molecule has 0 spiro atoms. The third-order valence-corrected chi connectivity index (χ3v) is 2.68. The average Bonchev–Trinajstić information content (AvgIpc) is 2.92. The lowest BCUT2D eigenvalue weighted by atomic mass is 10.2. The van der Waals surface area contributed by atoms with Crippen molar-refractivity contribution < 1.29 is 14.3 Å². The summed E-state index contributed by atoms with van der Waals surface area (Å²) < 4.78 is 4.96. The first-order valence-electron chi connectivity index (χ1n) is 5.77. The average molecular weight is 253 g/mol. The van der Waals surface area contributed by atoms with E-state index in [-0.39, 0.29) is 11.7 Å². The van der Waals surface area contributed by atoms with Crippen LogP contribution in [0.1, 0.15) is 17.5 Å². The maximum atomic E-state index is 12.1. The molecule has 1 unspecified atom stereocenters. The van der Waals surface area contributed by atoms with Crippen LogP contribution < -0.4 is 5.32 Å². The van der Waals surface area contributed by atoms with Gasteiger partial charge in [0.2, 0.25) is 5.82 Å². The molecule has 1 aromatic rings. The van der Waals surface area contributed by atoms with Crippen LogP contribution in [0.4, 0.5) is 0 Å². The molecule has 0 saturated carbocycles. The molecule has 98 valence electrons. The second kappa shape index (κ2) is 5.58. The van der Waals surface area contributed by atoms with Gasteiger partial charge in [0, 0.05) is 19.6 Å². The number of carbonyl (C=O) groups excluding carboxylic acids is 2. The number of esters is 1. The van der Waals surface area contributed by atoms with Gasteiger partial charge in [0.25, 0.3) is 5.91 Å². The minimum Gasteiger partial charge on any atom is -0.464 e. The third-order valence-electron chi connectivity index (χ3n) is 2.68. The number of hydrogen-bond acceptors (Lipinski definition) is 6. The topological polar surface area (TPSA) is 100 Å². The Labute approximate surface area is 104 Å². The molecule has 2 rings (SSSR count). The number of aromatic amines is 1. The number of H-pyrrole nitrogens is 1. The van der Waals surface area contributed by atoms with Crippen molar-refractivity contribution in [3.8, 4) is 0 Å². The Morgan fingerprint density at radius 2 is 2.44 bits per heavy atom. The molecule has 0 aromatic carbocycles. The lowest BCUT2D eigenvalue weighted by molar-refractivity contribution is -0.149. The lowest BCUT2D eigenvalue weighted by Gasteiger charge is -2.33. The molecule has 1 aliphatic heterocycles. The van der Waals surface area contributed by atoms with Crippen molar-refractivity contribution in [2.75, 3.05) is 26.2 Å². The molecule has 1 saturated heterocycles. The Hall–Kier alpha value is -1.96. The number of ether oxygens (including phenoxy) is 1. The molecule has 2 N–H and O–H groups in total. The zero-order valence-corrected chi connectivity index (χ0v) is 10.0. The van der Waals surface area contributed by atoms with E-state index in [1.807, 2.05) is 0 Å². The van der Waals surface area contributed by atoms with Crippen molar-refractivity contribution in [1.29, 1.82) is 0 Å². The summed E-state index contributed by atoms with van der Waals surface area (Å²) in [7, 11) is 0. The highest BCUT2D eigenvalue weighted by Gasteiger charge is 2.34. The Balaban J connectivity index is 2.12. The van der Waals surface area contributed by atoms with Gasteiger partial charge in [-0.1, -0.05) is 0 Å². The van der Waals surface area contributed by atoms with Crippen LogP contribution in [0.15, 0.2) is 6.33 Å². The van der Waals surface area contributed by atoms with E-state index in [0.717, 1.165) is 0 Å². The molecule has 1 aliphatic rings. The van der Waals surface area contributed by atoms with E-state index in [0.29, 0.717) is 26.2 Å². The molecule has 0 bridgehead atoms. The van der Waals surface area contributed by atoms with Crippen molar-refractivity contribution in [2.45, 2.75) is 13.0 Å². The number of aromatic nitrogens is 3. The van der Waals surface area contributed by atoms with E-state index in [1.165, 1.54) is 11.2 Å². The molecule has 8 nitrogen and oxygen atoms in total. The summed E-state index contributed by atoms with van der Waals surface area (Å²) in [5.74, 6) is -0.615. The highest BCUT2D eigenvalue weighted by atomic mass is 16.5. The van der Waals surface area contributed by atoms with Crippen LogP contribution in [0.2, 0.25) is 0 Å². The minimum absolute atomic E-state index is 0.131. The van der Waals surface area contributed by atoms with Gasteiger partial charge in [-0.2, -0.15) is 5.10 Å². The molecule has 0 aliphatic carbocycles. The number of rotatable bonds is 3.